The molecule has 1 aromatic rings. The molecule has 0 radical (unpaired) electrons. The Morgan fingerprint density at radius 2 is 1.80 bits per heavy atom. The predicted molar refractivity (Wildman–Crippen MR) is 97.0 cm³/mol. The topological polar surface area (TPSA) is 93.9 Å². The number of carbonyl (C=O) groups is 2. The third-order valence-electron chi connectivity index (χ3n) is 4.47. The van der Waals surface area contributed by atoms with Gasteiger partial charge in [0, 0.05) is 37.1 Å². The summed E-state index contributed by atoms with van der Waals surface area (Å²) in [7, 11) is 0. The van der Waals surface area contributed by atoms with Crippen molar-refractivity contribution in [3.8, 4) is 11.5 Å². The lowest BCUT2D eigenvalue weighted by Gasteiger charge is -2.32. The standard InChI is InChI=1S/C17H23N3O4.ClH/c1-10(2)17(22)20-5-3-11(4-6-20)16(21)19-13-8-15-14(7-12(13)18)23-9-24-15;/h7-8,10-11H,3-6,9,18H2,1-2H3,(H,19,21);1H. The Morgan fingerprint density at radius 1 is 1.20 bits per heavy atom. The van der Waals surface area contributed by atoms with Crippen LogP contribution in [0.15, 0.2) is 12.1 Å². The number of benzene rings is 1. The van der Waals surface area contributed by atoms with E-state index in [0.717, 1.165) is 0 Å². The van der Waals surface area contributed by atoms with Gasteiger partial charge in [-0.2, -0.15) is 0 Å². The third-order valence-corrected chi connectivity index (χ3v) is 4.47. The van der Waals surface area contributed by atoms with E-state index in [-0.39, 0.29) is 42.9 Å². The van der Waals surface area contributed by atoms with E-state index >= 15 is 0 Å². The maximum atomic E-state index is 12.5. The second kappa shape index (κ2) is 7.82. The van der Waals surface area contributed by atoms with Gasteiger partial charge in [-0.1, -0.05) is 13.8 Å². The Labute approximate surface area is 153 Å². The van der Waals surface area contributed by atoms with Gasteiger partial charge >= 0.3 is 0 Å². The van der Waals surface area contributed by atoms with Crippen molar-refractivity contribution in [1.29, 1.82) is 0 Å². The number of carbonyl (C=O) groups excluding carboxylic acids is 2. The maximum Gasteiger partial charge on any atom is 0.231 e. The van der Waals surface area contributed by atoms with Crippen molar-refractivity contribution >= 4 is 35.6 Å². The molecule has 3 N–H and O–H groups in total. The summed E-state index contributed by atoms with van der Waals surface area (Å²) in [6.07, 6.45) is 1.32. The van der Waals surface area contributed by atoms with Crippen LogP contribution in [0, 0.1) is 11.8 Å². The number of nitrogens with one attached hydrogen (secondary N) is 1. The Morgan fingerprint density at radius 3 is 2.40 bits per heavy atom. The Hall–Kier alpha value is -2.15. The van der Waals surface area contributed by atoms with Gasteiger partial charge in [0.05, 0.1) is 11.4 Å². The van der Waals surface area contributed by atoms with Crippen LogP contribution in [0.2, 0.25) is 0 Å². The van der Waals surface area contributed by atoms with Crippen LogP contribution in [0.5, 0.6) is 11.5 Å². The summed E-state index contributed by atoms with van der Waals surface area (Å²) >= 11 is 0. The quantitative estimate of drug-likeness (QED) is 0.797. The number of nitrogen functional groups attached to an aromatic ring is 1. The minimum Gasteiger partial charge on any atom is -0.454 e. The van der Waals surface area contributed by atoms with Crippen LogP contribution in [0.3, 0.4) is 0 Å². The molecule has 1 saturated heterocycles. The molecular weight excluding hydrogens is 346 g/mol. The zero-order valence-electron chi connectivity index (χ0n) is 14.4. The van der Waals surface area contributed by atoms with Crippen LogP contribution in [-0.4, -0.2) is 36.6 Å². The van der Waals surface area contributed by atoms with Gasteiger partial charge in [-0.3, -0.25) is 9.59 Å². The molecule has 2 heterocycles. The van der Waals surface area contributed by atoms with E-state index in [2.05, 4.69) is 5.32 Å². The molecule has 25 heavy (non-hydrogen) atoms. The number of rotatable bonds is 3. The third kappa shape index (κ3) is 4.10. The minimum absolute atomic E-state index is 0. The first-order valence-electron chi connectivity index (χ1n) is 8.24. The Kier molecular flexibility index (Phi) is 6.00. The molecule has 0 bridgehead atoms. The summed E-state index contributed by atoms with van der Waals surface area (Å²) in [5.74, 6) is 1.11. The van der Waals surface area contributed by atoms with Crippen molar-refractivity contribution in [2.24, 2.45) is 11.8 Å². The monoisotopic (exact) mass is 369 g/mol. The summed E-state index contributed by atoms with van der Waals surface area (Å²) in [5.41, 5.74) is 6.94. The minimum atomic E-state index is -0.119. The largest absolute Gasteiger partial charge is 0.454 e. The van der Waals surface area contributed by atoms with Crippen LogP contribution in [0.25, 0.3) is 0 Å². The summed E-state index contributed by atoms with van der Waals surface area (Å²) in [6, 6.07) is 3.34. The lowest BCUT2D eigenvalue weighted by molar-refractivity contribution is -0.137. The first kappa shape index (κ1) is 19.2. The van der Waals surface area contributed by atoms with Gasteiger partial charge in [-0.25, -0.2) is 0 Å². The number of likely N-dealkylation sites (tertiary alicyclic amines) is 1. The highest BCUT2D eigenvalue weighted by Crippen LogP contribution is 2.38. The molecule has 0 aromatic heterocycles. The first-order chi connectivity index (χ1) is 11.5. The number of nitrogens with two attached hydrogens (primary N) is 1. The fraction of sp³-hybridized carbons (Fsp3) is 0.529. The molecule has 0 saturated carbocycles. The van der Waals surface area contributed by atoms with E-state index in [1.165, 1.54) is 0 Å². The van der Waals surface area contributed by atoms with E-state index in [9.17, 15) is 9.59 Å². The highest BCUT2D eigenvalue weighted by Gasteiger charge is 2.29. The number of nitrogens with zero attached hydrogens (tertiary/aromatic N) is 1. The molecule has 1 fully saturated rings. The number of hydrogen-bond acceptors (Lipinski definition) is 5. The predicted octanol–water partition coefficient (Wildman–Crippen LogP) is 2.25. The van der Waals surface area contributed by atoms with E-state index in [1.54, 1.807) is 12.1 Å². The zero-order chi connectivity index (χ0) is 17.3. The van der Waals surface area contributed by atoms with Gasteiger partial charge in [0.1, 0.15) is 0 Å². The van der Waals surface area contributed by atoms with Crippen LogP contribution in [0.1, 0.15) is 26.7 Å². The van der Waals surface area contributed by atoms with E-state index < -0.39 is 0 Å². The smallest absolute Gasteiger partial charge is 0.231 e. The number of ether oxygens (including phenoxy) is 2. The lowest BCUT2D eigenvalue weighted by atomic mass is 9.95. The van der Waals surface area contributed by atoms with Crippen molar-refractivity contribution in [2.45, 2.75) is 26.7 Å². The molecule has 8 heteroatoms. The van der Waals surface area contributed by atoms with Crippen molar-refractivity contribution in [1.82, 2.24) is 4.90 Å². The number of piperidine rings is 1. The number of hydrogen-bond donors (Lipinski definition) is 2. The van der Waals surface area contributed by atoms with Gasteiger partial charge in [0.15, 0.2) is 11.5 Å². The molecule has 2 aliphatic rings. The van der Waals surface area contributed by atoms with E-state index in [0.29, 0.717) is 48.8 Å². The number of anilines is 2. The molecular formula is C17H24ClN3O4. The number of amides is 2. The summed E-state index contributed by atoms with van der Waals surface area (Å²) in [6.45, 7) is 5.18. The second-order valence-corrected chi connectivity index (χ2v) is 6.54. The van der Waals surface area contributed by atoms with E-state index in [4.69, 9.17) is 15.2 Å². The molecule has 7 nitrogen and oxygen atoms in total. The average molecular weight is 370 g/mol. The molecule has 2 amide bonds. The van der Waals surface area contributed by atoms with Gasteiger partial charge in [0.2, 0.25) is 18.6 Å². The highest BCUT2D eigenvalue weighted by atomic mass is 35.5. The highest BCUT2D eigenvalue weighted by molar-refractivity contribution is 5.96. The van der Waals surface area contributed by atoms with Crippen molar-refractivity contribution < 1.29 is 19.1 Å². The molecule has 1 aromatic carbocycles. The summed E-state index contributed by atoms with van der Waals surface area (Å²) < 4.78 is 10.6. The lowest BCUT2D eigenvalue weighted by Crippen LogP contribution is -2.43. The van der Waals surface area contributed by atoms with E-state index in [1.807, 2.05) is 18.7 Å². The summed E-state index contributed by atoms with van der Waals surface area (Å²) in [4.78, 5) is 26.3. The maximum absolute atomic E-state index is 12.5. The second-order valence-electron chi connectivity index (χ2n) is 6.54. The van der Waals surface area contributed by atoms with Crippen LogP contribution in [-0.2, 0) is 9.59 Å². The van der Waals surface area contributed by atoms with Gasteiger partial charge in [0.25, 0.3) is 0 Å². The Bertz CT molecular complexity index is 658. The van der Waals surface area contributed by atoms with Crippen LogP contribution < -0.4 is 20.5 Å². The molecule has 138 valence electrons. The molecule has 3 rings (SSSR count). The van der Waals surface area contributed by atoms with Crippen LogP contribution >= 0.6 is 12.4 Å². The summed E-state index contributed by atoms with van der Waals surface area (Å²) in [5, 5.41) is 2.87. The molecule has 0 aliphatic carbocycles. The van der Waals surface area contributed by atoms with Gasteiger partial charge in [-0.15, -0.1) is 12.4 Å². The fourth-order valence-electron chi connectivity index (χ4n) is 3.03. The number of fused-ring (bicyclic) bond motifs is 1. The molecule has 0 unspecified atom stereocenters. The van der Waals surface area contributed by atoms with Crippen LogP contribution in [0.4, 0.5) is 11.4 Å². The SMILES string of the molecule is CC(C)C(=O)N1CCC(C(=O)Nc2cc3c(cc2N)OCO3)CC1.Cl. The van der Waals surface area contributed by atoms with Gasteiger partial charge < -0.3 is 25.4 Å². The van der Waals surface area contributed by atoms with Crippen molar-refractivity contribution in [2.75, 3.05) is 30.9 Å². The average Bonchev–Trinajstić information content (AvgIpc) is 3.01. The first-order valence-corrected chi connectivity index (χ1v) is 8.24. The molecule has 2 aliphatic heterocycles. The van der Waals surface area contributed by atoms with Crippen molar-refractivity contribution in [3.05, 3.63) is 12.1 Å². The van der Waals surface area contributed by atoms with Crippen molar-refractivity contribution in [3.63, 3.8) is 0 Å². The normalized spacial score (nSPS) is 16.5. The molecule has 0 spiro atoms. The Balaban J connectivity index is 0.00000225. The number of halogens is 1. The zero-order valence-corrected chi connectivity index (χ0v) is 15.2. The molecule has 0 atom stereocenters. The fourth-order valence-corrected chi connectivity index (χ4v) is 3.03. The van der Waals surface area contributed by atoms with Gasteiger partial charge in [-0.05, 0) is 12.8 Å².